The van der Waals surface area contributed by atoms with E-state index in [1.807, 2.05) is 0 Å². The van der Waals surface area contributed by atoms with Crippen LogP contribution in [0, 0.1) is 5.82 Å². The van der Waals surface area contributed by atoms with E-state index in [0.29, 0.717) is 0 Å². The third kappa shape index (κ3) is 4.30. The maximum absolute atomic E-state index is 14.4. The summed E-state index contributed by atoms with van der Waals surface area (Å²) in [7, 11) is 0. The first-order valence-electron chi connectivity index (χ1n) is 8.46. The Morgan fingerprint density at radius 1 is 1.24 bits per heavy atom. The molecule has 2 atom stereocenters. The van der Waals surface area contributed by atoms with Gasteiger partial charge in [0.2, 0.25) is 0 Å². The van der Waals surface area contributed by atoms with E-state index >= 15 is 0 Å². The zero-order valence-corrected chi connectivity index (χ0v) is 14.8. The number of hydrogen-bond donors (Lipinski definition) is 2. The standard InChI is InChI=1S/C19H16F5N3O2/c20-10-18(13-8-12(25)6-7-14(13)21)9-15(19(22,23)24)29-17(27-18)26-16(28)11-4-2-1-3-5-11/h1-8,15H,9-10,25H2,(H,26,27,28)/t15-,18+/m0/s1. The molecule has 0 aromatic heterocycles. The molecule has 3 N–H and O–H groups in total. The highest BCUT2D eigenvalue weighted by atomic mass is 19.4. The van der Waals surface area contributed by atoms with E-state index in [-0.39, 0.29) is 11.3 Å². The van der Waals surface area contributed by atoms with Gasteiger partial charge in [-0.25, -0.2) is 13.8 Å². The molecule has 3 rings (SSSR count). The van der Waals surface area contributed by atoms with Crippen molar-refractivity contribution in [1.82, 2.24) is 5.32 Å². The van der Waals surface area contributed by atoms with Crippen LogP contribution in [0.5, 0.6) is 0 Å². The summed E-state index contributed by atoms with van der Waals surface area (Å²) in [4.78, 5) is 16.1. The molecule has 0 fully saturated rings. The number of nitrogen functional groups attached to an aromatic ring is 1. The van der Waals surface area contributed by atoms with Gasteiger partial charge in [0.15, 0.2) is 6.10 Å². The van der Waals surface area contributed by atoms with Crippen molar-refractivity contribution in [2.75, 3.05) is 12.4 Å². The van der Waals surface area contributed by atoms with Crippen LogP contribution in [0.3, 0.4) is 0 Å². The van der Waals surface area contributed by atoms with Gasteiger partial charge in [-0.1, -0.05) is 18.2 Å². The Balaban J connectivity index is 2.05. The van der Waals surface area contributed by atoms with Gasteiger partial charge in [0.25, 0.3) is 11.9 Å². The molecule has 0 saturated heterocycles. The molecule has 1 aliphatic heterocycles. The summed E-state index contributed by atoms with van der Waals surface area (Å²) < 4.78 is 73.5. The van der Waals surface area contributed by atoms with Crippen molar-refractivity contribution in [2.24, 2.45) is 4.99 Å². The molecule has 29 heavy (non-hydrogen) atoms. The van der Waals surface area contributed by atoms with Crippen LogP contribution in [0.1, 0.15) is 22.3 Å². The van der Waals surface area contributed by atoms with Crippen LogP contribution in [0.2, 0.25) is 0 Å². The average molecular weight is 413 g/mol. The van der Waals surface area contributed by atoms with Crippen LogP contribution in [0.15, 0.2) is 53.5 Å². The molecule has 0 bridgehead atoms. The van der Waals surface area contributed by atoms with Crippen LogP contribution in [-0.4, -0.2) is 30.9 Å². The summed E-state index contributed by atoms with van der Waals surface area (Å²) in [6.07, 6.45) is -8.43. The molecule has 2 aromatic rings. The predicted molar refractivity (Wildman–Crippen MR) is 95.4 cm³/mol. The Morgan fingerprint density at radius 2 is 1.93 bits per heavy atom. The van der Waals surface area contributed by atoms with Gasteiger partial charge in [-0.15, -0.1) is 0 Å². The SMILES string of the molecule is Nc1ccc(F)c([C@]2(CF)C[C@@H](C(F)(F)F)OC(NC(=O)c3ccccc3)=N2)c1. The Hall–Kier alpha value is -3.17. The molecular weight excluding hydrogens is 397 g/mol. The number of alkyl halides is 4. The van der Waals surface area contributed by atoms with Crippen molar-refractivity contribution in [3.8, 4) is 0 Å². The second-order valence-electron chi connectivity index (χ2n) is 6.49. The normalized spacial score (nSPS) is 21.8. The molecule has 0 spiro atoms. The Kier molecular flexibility index (Phi) is 5.45. The summed E-state index contributed by atoms with van der Waals surface area (Å²) in [6.45, 7) is -1.46. The number of benzene rings is 2. The van der Waals surface area contributed by atoms with Crippen LogP contribution < -0.4 is 11.1 Å². The first kappa shape index (κ1) is 20.6. The molecular formula is C19H16F5N3O2. The third-order valence-corrected chi connectivity index (χ3v) is 4.43. The fourth-order valence-corrected chi connectivity index (χ4v) is 2.97. The number of halogens is 5. The molecule has 0 unspecified atom stereocenters. The lowest BCUT2D eigenvalue weighted by molar-refractivity contribution is -0.209. The fraction of sp³-hybridized carbons (Fsp3) is 0.263. The Bertz CT molecular complexity index is 933. The molecule has 0 radical (unpaired) electrons. The first-order chi connectivity index (χ1) is 13.6. The quantitative estimate of drug-likeness (QED) is 0.595. The minimum absolute atomic E-state index is 0.0225. The van der Waals surface area contributed by atoms with Crippen molar-refractivity contribution in [2.45, 2.75) is 24.2 Å². The molecule has 1 aliphatic rings. The zero-order chi connectivity index (χ0) is 21.2. The van der Waals surface area contributed by atoms with Gasteiger partial charge in [-0.2, -0.15) is 13.2 Å². The number of amides is 1. The van der Waals surface area contributed by atoms with E-state index in [2.05, 4.69) is 10.3 Å². The number of nitrogens with two attached hydrogens (primary N) is 1. The summed E-state index contributed by atoms with van der Waals surface area (Å²) in [5, 5.41) is 2.10. The van der Waals surface area contributed by atoms with E-state index in [1.165, 1.54) is 18.2 Å². The molecule has 1 heterocycles. The van der Waals surface area contributed by atoms with Gasteiger partial charge in [0.05, 0.1) is 0 Å². The van der Waals surface area contributed by atoms with E-state index < -0.39 is 54.2 Å². The van der Waals surface area contributed by atoms with Gasteiger partial charge >= 0.3 is 6.18 Å². The topological polar surface area (TPSA) is 76.7 Å². The number of aliphatic imine (C=N–C) groups is 1. The van der Waals surface area contributed by atoms with Crippen molar-refractivity contribution in [3.63, 3.8) is 0 Å². The highest BCUT2D eigenvalue weighted by Crippen LogP contribution is 2.42. The molecule has 10 heteroatoms. The van der Waals surface area contributed by atoms with Gasteiger partial charge in [0, 0.05) is 23.2 Å². The zero-order valence-electron chi connectivity index (χ0n) is 14.8. The van der Waals surface area contributed by atoms with Crippen LogP contribution in [0.25, 0.3) is 0 Å². The summed E-state index contributed by atoms with van der Waals surface area (Å²) in [5.74, 6) is -1.79. The number of anilines is 1. The number of carbonyl (C=O) groups is 1. The van der Waals surface area contributed by atoms with E-state index in [9.17, 15) is 26.7 Å². The van der Waals surface area contributed by atoms with E-state index in [0.717, 1.165) is 12.1 Å². The van der Waals surface area contributed by atoms with E-state index in [1.54, 1.807) is 18.2 Å². The van der Waals surface area contributed by atoms with Crippen LogP contribution >= 0.6 is 0 Å². The number of ether oxygens (including phenoxy) is 1. The smallest absolute Gasteiger partial charge is 0.425 e. The van der Waals surface area contributed by atoms with Crippen molar-refractivity contribution in [3.05, 3.63) is 65.5 Å². The maximum Gasteiger partial charge on any atom is 0.425 e. The minimum Gasteiger partial charge on any atom is -0.452 e. The predicted octanol–water partition coefficient (Wildman–Crippen LogP) is 3.71. The Morgan fingerprint density at radius 3 is 2.55 bits per heavy atom. The third-order valence-electron chi connectivity index (χ3n) is 4.43. The second kappa shape index (κ2) is 7.69. The molecule has 0 saturated carbocycles. The summed E-state index contributed by atoms with van der Waals surface area (Å²) >= 11 is 0. The maximum atomic E-state index is 14.4. The monoisotopic (exact) mass is 413 g/mol. The van der Waals surface area contributed by atoms with Crippen molar-refractivity contribution < 1.29 is 31.5 Å². The van der Waals surface area contributed by atoms with Gasteiger partial charge < -0.3 is 10.5 Å². The lowest BCUT2D eigenvalue weighted by atomic mass is 9.84. The molecule has 5 nitrogen and oxygen atoms in total. The molecule has 0 aliphatic carbocycles. The molecule has 1 amide bonds. The average Bonchev–Trinajstić information content (AvgIpc) is 2.69. The number of rotatable bonds is 3. The lowest BCUT2D eigenvalue weighted by Crippen LogP contribution is -2.50. The van der Waals surface area contributed by atoms with Gasteiger partial charge in [0.1, 0.15) is 18.0 Å². The van der Waals surface area contributed by atoms with Crippen LogP contribution in [-0.2, 0) is 10.3 Å². The van der Waals surface area contributed by atoms with Crippen molar-refractivity contribution >= 4 is 17.6 Å². The lowest BCUT2D eigenvalue weighted by Gasteiger charge is -2.37. The van der Waals surface area contributed by atoms with Gasteiger partial charge in [-0.05, 0) is 30.3 Å². The Labute approximate surface area is 162 Å². The largest absolute Gasteiger partial charge is 0.452 e. The fourth-order valence-electron chi connectivity index (χ4n) is 2.97. The van der Waals surface area contributed by atoms with Gasteiger partial charge in [-0.3, -0.25) is 10.1 Å². The van der Waals surface area contributed by atoms with Crippen molar-refractivity contribution in [1.29, 1.82) is 0 Å². The minimum atomic E-state index is -4.91. The first-order valence-corrected chi connectivity index (χ1v) is 8.46. The number of amidine groups is 1. The highest BCUT2D eigenvalue weighted by Gasteiger charge is 2.52. The number of nitrogens with one attached hydrogen (secondary N) is 1. The molecule has 2 aromatic carbocycles. The van der Waals surface area contributed by atoms with E-state index in [4.69, 9.17) is 10.5 Å². The van der Waals surface area contributed by atoms with Crippen LogP contribution in [0.4, 0.5) is 27.6 Å². The number of hydrogen-bond acceptors (Lipinski definition) is 4. The highest BCUT2D eigenvalue weighted by molar-refractivity contribution is 6.04. The second-order valence-corrected chi connectivity index (χ2v) is 6.49. The number of carbonyl (C=O) groups excluding carboxylic acids is 1. The number of nitrogens with zero attached hydrogens (tertiary/aromatic N) is 1. The molecule has 154 valence electrons. The summed E-state index contributed by atoms with van der Waals surface area (Å²) in [5.41, 5.74) is 3.02. The summed E-state index contributed by atoms with van der Waals surface area (Å²) in [6, 6.07) is 9.84.